The molecule has 0 saturated heterocycles. The lowest BCUT2D eigenvalue weighted by Gasteiger charge is -2.12. The van der Waals surface area contributed by atoms with Gasteiger partial charge in [0.25, 0.3) is 0 Å². The van der Waals surface area contributed by atoms with Gasteiger partial charge in [0.2, 0.25) is 0 Å². The highest BCUT2D eigenvalue weighted by molar-refractivity contribution is 6.27. The van der Waals surface area contributed by atoms with Crippen molar-refractivity contribution in [3.05, 3.63) is 59.8 Å². The highest BCUT2D eigenvalue weighted by Crippen LogP contribution is 2.27. The number of hydrogen-bond acceptors (Lipinski definition) is 7. The first-order valence-electron chi connectivity index (χ1n) is 10.1. The molecule has 0 amide bonds. The third-order valence-electron chi connectivity index (χ3n) is 4.30. The van der Waals surface area contributed by atoms with Crippen molar-refractivity contribution >= 4 is 22.8 Å². The predicted octanol–water partition coefficient (Wildman–Crippen LogP) is 3.49. The molecular weight excluding hydrogens is 430 g/mol. The van der Waals surface area contributed by atoms with Gasteiger partial charge < -0.3 is 29.2 Å². The Morgan fingerprint density at radius 2 is 1.48 bits per heavy atom. The van der Waals surface area contributed by atoms with Crippen LogP contribution < -0.4 is 14.2 Å². The molecule has 176 valence electrons. The molecule has 3 aromatic rings. The molecule has 1 heterocycles. The number of para-hydroxylation sites is 1. The second-order valence-corrected chi connectivity index (χ2v) is 6.85. The first-order chi connectivity index (χ1) is 15.8. The summed E-state index contributed by atoms with van der Waals surface area (Å²) in [5.74, 6) is -1.41. The van der Waals surface area contributed by atoms with Gasteiger partial charge in [-0.2, -0.15) is 0 Å². The van der Waals surface area contributed by atoms with Crippen molar-refractivity contribution in [2.24, 2.45) is 0 Å². The van der Waals surface area contributed by atoms with E-state index < -0.39 is 11.9 Å². The van der Waals surface area contributed by atoms with E-state index in [1.807, 2.05) is 56.3 Å². The minimum Gasteiger partial charge on any atom is -0.493 e. The molecule has 0 bridgehead atoms. The van der Waals surface area contributed by atoms with Crippen molar-refractivity contribution in [2.45, 2.75) is 13.8 Å². The number of nitrogens with zero attached hydrogens (tertiary/aromatic N) is 1. The van der Waals surface area contributed by atoms with Gasteiger partial charge >= 0.3 is 11.9 Å². The number of aryl methyl sites for hydroxylation is 2. The summed E-state index contributed by atoms with van der Waals surface area (Å²) < 4.78 is 22.5. The number of carboxylic acid groups (broad SMARTS) is 2. The summed E-state index contributed by atoms with van der Waals surface area (Å²) in [5.41, 5.74) is 2.98. The topological polar surface area (TPSA) is 124 Å². The Morgan fingerprint density at radius 3 is 2.12 bits per heavy atom. The van der Waals surface area contributed by atoms with Crippen molar-refractivity contribution in [2.75, 3.05) is 33.5 Å². The van der Waals surface area contributed by atoms with E-state index in [9.17, 15) is 0 Å². The lowest BCUT2D eigenvalue weighted by Crippen LogP contribution is -2.12. The lowest BCUT2D eigenvalue weighted by molar-refractivity contribution is -0.159. The fourth-order valence-corrected chi connectivity index (χ4v) is 2.75. The Balaban J connectivity index is 0.000000569. The highest BCUT2D eigenvalue weighted by Gasteiger charge is 2.06. The number of carboxylic acids is 2. The SMILES string of the molecule is COc1cc(C)ccc1OCCOCCOc1cccc2ccc(C)nc12.O=C(O)C(=O)O. The van der Waals surface area contributed by atoms with Gasteiger partial charge in [-0.05, 0) is 43.7 Å². The van der Waals surface area contributed by atoms with E-state index in [1.54, 1.807) is 7.11 Å². The van der Waals surface area contributed by atoms with Gasteiger partial charge in [-0.15, -0.1) is 0 Å². The molecule has 2 N–H and O–H groups in total. The normalized spacial score (nSPS) is 10.2. The van der Waals surface area contributed by atoms with Crippen LogP contribution in [0.15, 0.2) is 48.5 Å². The zero-order chi connectivity index (χ0) is 24.2. The van der Waals surface area contributed by atoms with Crippen LogP contribution in [0.5, 0.6) is 17.2 Å². The number of rotatable bonds is 9. The van der Waals surface area contributed by atoms with Crippen LogP contribution in [0.3, 0.4) is 0 Å². The van der Waals surface area contributed by atoms with Gasteiger partial charge in [-0.25, -0.2) is 14.6 Å². The van der Waals surface area contributed by atoms with Gasteiger partial charge in [-0.3, -0.25) is 0 Å². The van der Waals surface area contributed by atoms with Gasteiger partial charge in [0.15, 0.2) is 11.5 Å². The first-order valence-corrected chi connectivity index (χ1v) is 10.1. The van der Waals surface area contributed by atoms with E-state index in [0.717, 1.165) is 39.4 Å². The smallest absolute Gasteiger partial charge is 0.414 e. The Labute approximate surface area is 191 Å². The minimum atomic E-state index is -1.82. The van der Waals surface area contributed by atoms with Crippen LogP contribution in [0.4, 0.5) is 0 Å². The van der Waals surface area contributed by atoms with Gasteiger partial charge in [-0.1, -0.05) is 24.3 Å². The molecule has 9 heteroatoms. The number of fused-ring (bicyclic) bond motifs is 1. The number of aromatic nitrogens is 1. The maximum Gasteiger partial charge on any atom is 0.414 e. The molecule has 0 fully saturated rings. The lowest BCUT2D eigenvalue weighted by atomic mass is 10.2. The molecule has 0 aliphatic heterocycles. The molecule has 0 aliphatic carbocycles. The Morgan fingerprint density at radius 1 is 0.818 bits per heavy atom. The van der Waals surface area contributed by atoms with Crippen LogP contribution in [0.25, 0.3) is 10.9 Å². The summed E-state index contributed by atoms with van der Waals surface area (Å²) in [6, 6.07) is 15.8. The molecule has 0 spiro atoms. The minimum absolute atomic E-state index is 0.453. The van der Waals surface area contributed by atoms with Gasteiger partial charge in [0, 0.05) is 11.1 Å². The second-order valence-electron chi connectivity index (χ2n) is 6.85. The van der Waals surface area contributed by atoms with Crippen molar-refractivity contribution in [3.8, 4) is 17.2 Å². The van der Waals surface area contributed by atoms with E-state index in [1.165, 1.54) is 0 Å². The van der Waals surface area contributed by atoms with E-state index in [-0.39, 0.29) is 0 Å². The quantitative estimate of drug-likeness (QED) is 0.367. The van der Waals surface area contributed by atoms with Crippen LogP contribution in [0.2, 0.25) is 0 Å². The van der Waals surface area contributed by atoms with Crippen LogP contribution in [0.1, 0.15) is 11.3 Å². The molecule has 3 rings (SSSR count). The molecule has 0 atom stereocenters. The number of ether oxygens (including phenoxy) is 4. The Kier molecular flexibility index (Phi) is 9.91. The fraction of sp³-hybridized carbons (Fsp3) is 0.292. The van der Waals surface area contributed by atoms with Crippen molar-refractivity contribution < 1.29 is 38.7 Å². The second kappa shape index (κ2) is 12.9. The maximum absolute atomic E-state index is 9.10. The summed E-state index contributed by atoms with van der Waals surface area (Å²) in [7, 11) is 1.64. The summed E-state index contributed by atoms with van der Waals surface area (Å²) >= 11 is 0. The zero-order valence-corrected chi connectivity index (χ0v) is 18.7. The summed E-state index contributed by atoms with van der Waals surface area (Å²) in [5, 5.41) is 15.9. The fourth-order valence-electron chi connectivity index (χ4n) is 2.75. The van der Waals surface area contributed by atoms with E-state index in [2.05, 4.69) is 11.1 Å². The molecule has 2 aromatic carbocycles. The van der Waals surface area contributed by atoms with E-state index in [0.29, 0.717) is 26.4 Å². The van der Waals surface area contributed by atoms with E-state index >= 15 is 0 Å². The monoisotopic (exact) mass is 457 g/mol. The average molecular weight is 457 g/mol. The number of hydrogen-bond donors (Lipinski definition) is 2. The zero-order valence-electron chi connectivity index (χ0n) is 18.7. The van der Waals surface area contributed by atoms with Crippen LogP contribution in [-0.4, -0.2) is 60.7 Å². The van der Waals surface area contributed by atoms with Crippen molar-refractivity contribution in [3.63, 3.8) is 0 Å². The Hall–Kier alpha value is -3.85. The summed E-state index contributed by atoms with van der Waals surface area (Å²) in [6.45, 7) is 5.87. The van der Waals surface area contributed by atoms with Gasteiger partial charge in [0.1, 0.15) is 24.5 Å². The number of carbonyl (C=O) groups is 2. The van der Waals surface area contributed by atoms with Crippen LogP contribution >= 0.6 is 0 Å². The molecule has 9 nitrogen and oxygen atoms in total. The molecule has 0 aliphatic rings. The Bertz CT molecular complexity index is 1070. The number of methoxy groups -OCH3 is 1. The first kappa shape index (κ1) is 25.4. The standard InChI is InChI=1S/C22H25NO4.C2H2O4/c1-16-7-10-19(21(15-16)24-3)26-13-11-25-12-14-27-20-6-4-5-18-9-8-17(2)23-22(18)20;3-1(4)2(5)6/h4-10,15H,11-14H2,1-3H3;(H,3,4)(H,5,6). The number of benzene rings is 2. The van der Waals surface area contributed by atoms with Crippen molar-refractivity contribution in [1.29, 1.82) is 0 Å². The number of aliphatic carboxylic acids is 2. The van der Waals surface area contributed by atoms with Gasteiger partial charge in [0.05, 0.1) is 20.3 Å². The third-order valence-corrected chi connectivity index (χ3v) is 4.30. The maximum atomic E-state index is 9.10. The third kappa shape index (κ3) is 8.30. The highest BCUT2D eigenvalue weighted by atomic mass is 16.6. The molecule has 0 unspecified atom stereocenters. The van der Waals surface area contributed by atoms with Crippen LogP contribution in [-0.2, 0) is 14.3 Å². The summed E-state index contributed by atoms with van der Waals surface area (Å²) in [4.78, 5) is 22.8. The molecule has 0 radical (unpaired) electrons. The van der Waals surface area contributed by atoms with Crippen molar-refractivity contribution in [1.82, 2.24) is 4.98 Å². The summed E-state index contributed by atoms with van der Waals surface area (Å²) in [6.07, 6.45) is 0. The predicted molar refractivity (Wildman–Crippen MR) is 121 cm³/mol. The molecule has 1 aromatic heterocycles. The van der Waals surface area contributed by atoms with E-state index in [4.69, 9.17) is 38.7 Å². The van der Waals surface area contributed by atoms with Crippen LogP contribution in [0, 0.1) is 13.8 Å². The molecule has 33 heavy (non-hydrogen) atoms. The number of pyridine rings is 1. The molecular formula is C24H27NO8. The average Bonchev–Trinajstić information content (AvgIpc) is 2.79. The largest absolute Gasteiger partial charge is 0.493 e. The molecule has 0 saturated carbocycles.